The van der Waals surface area contributed by atoms with Crippen LogP contribution in [0.25, 0.3) is 0 Å². The number of amides is 1. The Bertz CT molecular complexity index is 594. The molecule has 1 aromatic rings. The first-order valence-electron chi connectivity index (χ1n) is 9.23. The van der Waals surface area contributed by atoms with Crippen LogP contribution in [0.2, 0.25) is 5.82 Å². The van der Waals surface area contributed by atoms with E-state index in [0.29, 0.717) is 6.54 Å². The van der Waals surface area contributed by atoms with E-state index in [1.165, 1.54) is 7.28 Å². The summed E-state index contributed by atoms with van der Waals surface area (Å²) in [6, 6.07) is 10.1. The number of ether oxygens (including phenoxy) is 1. The number of rotatable bonds is 4. The summed E-state index contributed by atoms with van der Waals surface area (Å²) in [5.74, 6) is -0.673. The maximum absolute atomic E-state index is 12.4. The SMILES string of the molecule is O=C(O)[B]C1CCCCC(N2CC(c3ccccc3)OC2=O)CCC1. The van der Waals surface area contributed by atoms with Crippen LogP contribution in [0.15, 0.2) is 30.3 Å². The molecule has 0 spiro atoms. The first-order valence-corrected chi connectivity index (χ1v) is 9.23. The van der Waals surface area contributed by atoms with Gasteiger partial charge in [-0.3, -0.25) is 4.79 Å². The van der Waals surface area contributed by atoms with Gasteiger partial charge in [0.05, 0.1) is 6.54 Å². The topological polar surface area (TPSA) is 66.8 Å². The van der Waals surface area contributed by atoms with Crippen LogP contribution < -0.4 is 0 Å². The van der Waals surface area contributed by atoms with Crippen LogP contribution >= 0.6 is 0 Å². The van der Waals surface area contributed by atoms with Crippen molar-refractivity contribution < 1.29 is 19.4 Å². The predicted octanol–water partition coefficient (Wildman–Crippen LogP) is 4.46. The van der Waals surface area contributed by atoms with Crippen molar-refractivity contribution in [2.45, 2.75) is 62.9 Å². The van der Waals surface area contributed by atoms with E-state index in [0.717, 1.165) is 50.5 Å². The zero-order valence-corrected chi connectivity index (χ0v) is 14.5. The Balaban J connectivity index is 1.59. The molecule has 133 valence electrons. The summed E-state index contributed by atoms with van der Waals surface area (Å²) in [5.41, 5.74) is 1.04. The second-order valence-corrected chi connectivity index (χ2v) is 7.07. The summed E-state index contributed by atoms with van der Waals surface area (Å²) in [7, 11) is 1.44. The van der Waals surface area contributed by atoms with E-state index < -0.39 is 5.87 Å². The zero-order valence-electron chi connectivity index (χ0n) is 14.5. The van der Waals surface area contributed by atoms with E-state index in [1.54, 1.807) is 0 Å². The molecule has 1 N–H and O–H groups in total. The number of hydrogen-bond acceptors (Lipinski definition) is 3. The third kappa shape index (κ3) is 4.77. The zero-order chi connectivity index (χ0) is 17.6. The number of carbonyl (C=O) groups is 2. The predicted molar refractivity (Wildman–Crippen MR) is 96.0 cm³/mol. The molecule has 1 aromatic carbocycles. The molecule has 3 unspecified atom stereocenters. The summed E-state index contributed by atoms with van der Waals surface area (Å²) in [6.45, 7) is 0.609. The summed E-state index contributed by atoms with van der Waals surface area (Å²) >= 11 is 0. The van der Waals surface area contributed by atoms with Gasteiger partial charge in [0.15, 0.2) is 0 Å². The number of hydrogen-bond donors (Lipinski definition) is 1. The first-order chi connectivity index (χ1) is 12.1. The molecule has 1 aliphatic heterocycles. The Hall–Kier alpha value is -1.98. The fourth-order valence-corrected chi connectivity index (χ4v) is 3.99. The van der Waals surface area contributed by atoms with Gasteiger partial charge in [-0.15, -0.1) is 0 Å². The van der Waals surface area contributed by atoms with E-state index in [1.807, 2.05) is 35.2 Å². The van der Waals surface area contributed by atoms with Crippen molar-refractivity contribution in [3.05, 3.63) is 35.9 Å². The molecule has 25 heavy (non-hydrogen) atoms. The highest BCUT2D eigenvalue weighted by atomic mass is 16.6. The number of carboxylic acid groups (broad SMARTS) is 1. The second kappa shape index (κ2) is 8.41. The van der Waals surface area contributed by atoms with Crippen molar-refractivity contribution in [1.29, 1.82) is 0 Å². The average Bonchev–Trinajstić information content (AvgIpc) is 3.02. The fourth-order valence-electron chi connectivity index (χ4n) is 3.99. The molecule has 1 radical (unpaired) electrons. The first kappa shape index (κ1) is 17.8. The van der Waals surface area contributed by atoms with Crippen LogP contribution in [0.4, 0.5) is 9.59 Å². The molecule has 1 saturated heterocycles. The van der Waals surface area contributed by atoms with Gasteiger partial charge in [-0.2, -0.15) is 0 Å². The van der Waals surface area contributed by atoms with Crippen molar-refractivity contribution in [3.63, 3.8) is 0 Å². The Labute approximate surface area is 149 Å². The largest absolute Gasteiger partial charge is 0.490 e. The minimum absolute atomic E-state index is 0.152. The van der Waals surface area contributed by atoms with E-state index in [9.17, 15) is 9.59 Å². The van der Waals surface area contributed by atoms with Crippen LogP contribution in [0.3, 0.4) is 0 Å². The molecule has 3 rings (SSSR count). The van der Waals surface area contributed by atoms with Crippen molar-refractivity contribution in [3.8, 4) is 0 Å². The second-order valence-electron chi connectivity index (χ2n) is 7.07. The summed E-state index contributed by atoms with van der Waals surface area (Å²) < 4.78 is 5.59. The van der Waals surface area contributed by atoms with Gasteiger partial charge in [-0.05, 0) is 18.4 Å². The molecule has 2 aliphatic rings. The van der Waals surface area contributed by atoms with Gasteiger partial charge in [-0.25, -0.2) is 4.79 Å². The number of cyclic esters (lactones) is 1. The molecular weight excluding hydrogens is 317 g/mol. The minimum atomic E-state index is -0.824. The standard InChI is InChI=1S/C19H25BNO4/c22-18(23)20-15-9-4-5-11-16(12-6-10-15)21-13-17(25-19(21)24)14-7-2-1-3-8-14/h1-3,7-8,15-17H,4-6,9-13H2,(H,22,23). The Morgan fingerprint density at radius 1 is 1.08 bits per heavy atom. The lowest BCUT2D eigenvalue weighted by molar-refractivity contribution is 0.126. The molecule has 5 nitrogen and oxygen atoms in total. The van der Waals surface area contributed by atoms with Gasteiger partial charge in [0.2, 0.25) is 5.87 Å². The molecule has 1 heterocycles. The van der Waals surface area contributed by atoms with Gasteiger partial charge in [0.25, 0.3) is 7.28 Å². The molecular formula is C19H25BNO4. The Morgan fingerprint density at radius 3 is 2.52 bits per heavy atom. The van der Waals surface area contributed by atoms with Gasteiger partial charge < -0.3 is 14.7 Å². The summed E-state index contributed by atoms with van der Waals surface area (Å²) in [6.07, 6.45) is 6.27. The summed E-state index contributed by atoms with van der Waals surface area (Å²) in [5, 5.41) is 8.97. The van der Waals surface area contributed by atoms with E-state index in [2.05, 4.69) is 0 Å². The number of benzene rings is 1. The third-order valence-corrected chi connectivity index (χ3v) is 5.31. The number of nitrogens with zero attached hydrogens (tertiary/aromatic N) is 1. The maximum Gasteiger partial charge on any atom is 0.410 e. The molecule has 3 atom stereocenters. The van der Waals surface area contributed by atoms with Gasteiger partial charge >= 0.3 is 6.09 Å². The molecule has 1 saturated carbocycles. The molecule has 1 aliphatic carbocycles. The van der Waals surface area contributed by atoms with Crippen LogP contribution in [0.1, 0.15) is 56.6 Å². The third-order valence-electron chi connectivity index (χ3n) is 5.31. The molecule has 6 heteroatoms. The van der Waals surface area contributed by atoms with Crippen LogP contribution in [-0.4, -0.2) is 41.8 Å². The van der Waals surface area contributed by atoms with E-state index >= 15 is 0 Å². The number of carbonyl (C=O) groups excluding carboxylic acids is 1. The van der Waals surface area contributed by atoms with Crippen molar-refractivity contribution in [2.75, 3.05) is 6.54 Å². The van der Waals surface area contributed by atoms with E-state index in [4.69, 9.17) is 9.84 Å². The van der Waals surface area contributed by atoms with Crippen LogP contribution in [0, 0.1) is 0 Å². The van der Waals surface area contributed by atoms with Crippen LogP contribution in [-0.2, 0) is 4.74 Å². The monoisotopic (exact) mass is 342 g/mol. The molecule has 0 aromatic heterocycles. The maximum atomic E-state index is 12.4. The van der Waals surface area contributed by atoms with Gasteiger partial charge in [-0.1, -0.05) is 68.3 Å². The Kier molecular flexibility index (Phi) is 6.00. The summed E-state index contributed by atoms with van der Waals surface area (Å²) in [4.78, 5) is 25.2. The van der Waals surface area contributed by atoms with Gasteiger partial charge in [0, 0.05) is 6.04 Å². The lowest BCUT2D eigenvalue weighted by Gasteiger charge is -2.25. The van der Waals surface area contributed by atoms with Crippen molar-refractivity contribution >= 4 is 19.2 Å². The quantitative estimate of drug-likeness (QED) is 0.820. The fraction of sp³-hybridized carbons (Fsp3) is 0.579. The molecule has 2 fully saturated rings. The van der Waals surface area contributed by atoms with Gasteiger partial charge in [0.1, 0.15) is 6.10 Å². The molecule has 0 bridgehead atoms. The van der Waals surface area contributed by atoms with Crippen molar-refractivity contribution in [2.24, 2.45) is 0 Å². The highest BCUT2D eigenvalue weighted by molar-refractivity contribution is 6.72. The lowest BCUT2D eigenvalue weighted by atomic mass is 9.61. The highest BCUT2D eigenvalue weighted by Crippen LogP contribution is 2.32. The normalized spacial score (nSPS) is 27.8. The smallest absolute Gasteiger partial charge is 0.410 e. The molecule has 1 amide bonds. The lowest BCUT2D eigenvalue weighted by Crippen LogP contribution is -2.36. The minimum Gasteiger partial charge on any atom is -0.490 e. The average molecular weight is 342 g/mol. The van der Waals surface area contributed by atoms with Crippen molar-refractivity contribution in [1.82, 2.24) is 4.90 Å². The Morgan fingerprint density at radius 2 is 1.76 bits per heavy atom. The van der Waals surface area contributed by atoms with Crippen LogP contribution in [0.5, 0.6) is 0 Å². The van der Waals surface area contributed by atoms with E-state index in [-0.39, 0.29) is 24.1 Å². The highest BCUT2D eigenvalue weighted by Gasteiger charge is 2.36.